The Morgan fingerprint density at radius 3 is 2.81 bits per heavy atom. The van der Waals surface area contributed by atoms with Crippen LogP contribution in [0.15, 0.2) is 4.99 Å². The van der Waals surface area contributed by atoms with Crippen molar-refractivity contribution in [3.63, 3.8) is 0 Å². The molecule has 6 heteroatoms. The maximum atomic E-state index is 5.76. The zero-order valence-corrected chi connectivity index (χ0v) is 14.0. The summed E-state index contributed by atoms with van der Waals surface area (Å²) in [5.41, 5.74) is 0.133. The quantitative estimate of drug-likeness (QED) is 0.577. The lowest BCUT2D eigenvalue weighted by molar-refractivity contribution is -0.0923. The predicted molar refractivity (Wildman–Crippen MR) is 84.7 cm³/mol. The number of guanidine groups is 1. The third kappa shape index (κ3) is 3.87. The molecule has 1 saturated carbocycles. The minimum absolute atomic E-state index is 0.133. The fraction of sp³-hybridized carbons (Fsp3) is 0.933. The highest BCUT2D eigenvalue weighted by molar-refractivity contribution is 5.80. The molecule has 2 aliphatic rings. The van der Waals surface area contributed by atoms with E-state index in [1.165, 1.54) is 0 Å². The number of nitrogens with zero attached hydrogens (tertiary/aromatic N) is 2. The van der Waals surface area contributed by atoms with E-state index >= 15 is 0 Å². The van der Waals surface area contributed by atoms with Gasteiger partial charge in [-0.25, -0.2) is 0 Å². The van der Waals surface area contributed by atoms with Crippen LogP contribution in [-0.4, -0.2) is 76.6 Å². The number of nitrogens with one attached hydrogen (secondary N) is 2. The van der Waals surface area contributed by atoms with Gasteiger partial charge in [0.15, 0.2) is 5.96 Å². The third-order valence-corrected chi connectivity index (χ3v) is 4.84. The smallest absolute Gasteiger partial charge is 0.191 e. The van der Waals surface area contributed by atoms with Gasteiger partial charge in [0.1, 0.15) is 0 Å². The molecule has 1 saturated heterocycles. The van der Waals surface area contributed by atoms with Crippen LogP contribution in [-0.2, 0) is 9.47 Å². The molecule has 122 valence electrons. The lowest BCUT2D eigenvalue weighted by Gasteiger charge is -2.51. The summed E-state index contributed by atoms with van der Waals surface area (Å²) >= 11 is 0. The van der Waals surface area contributed by atoms with Crippen molar-refractivity contribution in [2.45, 2.75) is 38.5 Å². The molecule has 3 atom stereocenters. The molecular weight excluding hydrogens is 268 g/mol. The number of aliphatic imine (C=N–C) groups is 1. The number of rotatable bonds is 4. The largest absolute Gasteiger partial charge is 0.381 e. The van der Waals surface area contributed by atoms with Gasteiger partial charge in [-0.05, 0) is 13.5 Å². The van der Waals surface area contributed by atoms with Crippen molar-refractivity contribution in [2.24, 2.45) is 10.4 Å². The van der Waals surface area contributed by atoms with Crippen molar-refractivity contribution in [2.75, 3.05) is 47.4 Å². The molecule has 0 aromatic rings. The van der Waals surface area contributed by atoms with Crippen molar-refractivity contribution in [3.05, 3.63) is 0 Å². The fourth-order valence-corrected chi connectivity index (χ4v) is 3.09. The highest BCUT2D eigenvalue weighted by Gasteiger charge is 2.48. The van der Waals surface area contributed by atoms with Crippen molar-refractivity contribution in [3.8, 4) is 0 Å². The topological polar surface area (TPSA) is 58.1 Å². The second kappa shape index (κ2) is 6.94. The summed E-state index contributed by atoms with van der Waals surface area (Å²) in [5.74, 6) is 0.847. The molecule has 2 rings (SSSR count). The van der Waals surface area contributed by atoms with E-state index < -0.39 is 0 Å². The molecule has 6 nitrogen and oxygen atoms in total. The molecular formula is C15H30N4O2. The molecule has 0 amide bonds. The van der Waals surface area contributed by atoms with Gasteiger partial charge in [-0.1, -0.05) is 13.8 Å². The minimum atomic E-state index is 0.133. The van der Waals surface area contributed by atoms with Crippen molar-refractivity contribution < 1.29 is 9.47 Å². The van der Waals surface area contributed by atoms with E-state index in [1.807, 2.05) is 7.05 Å². The highest BCUT2D eigenvalue weighted by atomic mass is 16.5. The maximum absolute atomic E-state index is 5.76. The number of morpholine rings is 1. The Morgan fingerprint density at radius 1 is 1.48 bits per heavy atom. The summed E-state index contributed by atoms with van der Waals surface area (Å²) in [6, 6.07) is 0.392. The van der Waals surface area contributed by atoms with Gasteiger partial charge in [-0.3, -0.25) is 4.99 Å². The van der Waals surface area contributed by atoms with E-state index in [0.717, 1.165) is 38.6 Å². The van der Waals surface area contributed by atoms with Gasteiger partial charge >= 0.3 is 0 Å². The van der Waals surface area contributed by atoms with Crippen LogP contribution in [0.3, 0.4) is 0 Å². The fourth-order valence-electron chi connectivity index (χ4n) is 3.09. The molecule has 0 aromatic carbocycles. The SMILES string of the molecule is CN=C(NCC1CN(C)CCO1)NC1CC(OC)C1(C)C. The Labute approximate surface area is 128 Å². The zero-order valence-electron chi connectivity index (χ0n) is 14.0. The molecule has 21 heavy (non-hydrogen) atoms. The maximum Gasteiger partial charge on any atom is 0.191 e. The summed E-state index contributed by atoms with van der Waals surface area (Å²) in [5, 5.41) is 6.87. The van der Waals surface area contributed by atoms with Gasteiger partial charge in [0.25, 0.3) is 0 Å². The highest BCUT2D eigenvalue weighted by Crippen LogP contribution is 2.42. The van der Waals surface area contributed by atoms with E-state index in [9.17, 15) is 0 Å². The molecule has 0 aromatic heterocycles. The average Bonchev–Trinajstić information content (AvgIpc) is 2.46. The first-order valence-electron chi connectivity index (χ1n) is 7.77. The molecule has 0 spiro atoms. The summed E-state index contributed by atoms with van der Waals surface area (Å²) in [6.07, 6.45) is 1.57. The van der Waals surface area contributed by atoms with Gasteiger partial charge in [0, 0.05) is 45.2 Å². The first kappa shape index (κ1) is 16.5. The Morgan fingerprint density at radius 2 is 2.24 bits per heavy atom. The van der Waals surface area contributed by atoms with Crippen LogP contribution in [0.4, 0.5) is 0 Å². The molecule has 2 fully saturated rings. The van der Waals surface area contributed by atoms with Crippen molar-refractivity contribution in [1.29, 1.82) is 0 Å². The molecule has 0 radical (unpaired) electrons. The van der Waals surface area contributed by atoms with Crippen LogP contribution >= 0.6 is 0 Å². The molecule has 1 aliphatic carbocycles. The van der Waals surface area contributed by atoms with Crippen LogP contribution in [0, 0.1) is 5.41 Å². The molecule has 0 bridgehead atoms. The van der Waals surface area contributed by atoms with Crippen molar-refractivity contribution in [1.82, 2.24) is 15.5 Å². The number of hydrogen-bond donors (Lipinski definition) is 2. The Kier molecular flexibility index (Phi) is 5.46. The van der Waals surface area contributed by atoms with Gasteiger partial charge in [0.2, 0.25) is 0 Å². The second-order valence-electron chi connectivity index (χ2n) is 6.69. The molecule has 3 unspecified atom stereocenters. The number of ether oxygens (including phenoxy) is 2. The van der Waals surface area contributed by atoms with Gasteiger partial charge in [-0.2, -0.15) is 0 Å². The predicted octanol–water partition coefficient (Wildman–Crippen LogP) is 0.296. The van der Waals surface area contributed by atoms with E-state index in [2.05, 4.69) is 41.4 Å². The lowest BCUT2D eigenvalue weighted by atomic mass is 9.64. The Hall–Kier alpha value is -0.850. The third-order valence-electron chi connectivity index (χ3n) is 4.84. The summed E-state index contributed by atoms with van der Waals surface area (Å²) < 4.78 is 11.2. The lowest BCUT2D eigenvalue weighted by Crippen LogP contribution is -2.63. The van der Waals surface area contributed by atoms with E-state index in [-0.39, 0.29) is 11.5 Å². The normalized spacial score (nSPS) is 33.4. The van der Waals surface area contributed by atoms with E-state index in [0.29, 0.717) is 12.1 Å². The van der Waals surface area contributed by atoms with Crippen LogP contribution in [0.1, 0.15) is 20.3 Å². The van der Waals surface area contributed by atoms with E-state index in [1.54, 1.807) is 7.11 Å². The summed E-state index contributed by atoms with van der Waals surface area (Å²) in [6.45, 7) is 8.03. The Bertz CT molecular complexity index is 373. The van der Waals surface area contributed by atoms with Gasteiger partial charge < -0.3 is 25.0 Å². The molecule has 1 heterocycles. The summed E-state index contributed by atoms with van der Waals surface area (Å²) in [7, 11) is 5.72. The van der Waals surface area contributed by atoms with Crippen molar-refractivity contribution >= 4 is 5.96 Å². The minimum Gasteiger partial charge on any atom is -0.381 e. The number of methoxy groups -OCH3 is 1. The number of hydrogen-bond acceptors (Lipinski definition) is 4. The van der Waals surface area contributed by atoms with Crippen LogP contribution in [0.2, 0.25) is 0 Å². The van der Waals surface area contributed by atoms with Crippen LogP contribution in [0.25, 0.3) is 0 Å². The zero-order chi connectivity index (χ0) is 15.5. The number of likely N-dealkylation sites (N-methyl/N-ethyl adjacent to an activating group) is 1. The monoisotopic (exact) mass is 298 g/mol. The second-order valence-corrected chi connectivity index (χ2v) is 6.69. The van der Waals surface area contributed by atoms with Gasteiger partial charge in [0.05, 0.1) is 18.8 Å². The molecule has 1 aliphatic heterocycles. The Balaban J connectivity index is 1.77. The first-order chi connectivity index (χ1) is 9.97. The van der Waals surface area contributed by atoms with Crippen LogP contribution in [0.5, 0.6) is 0 Å². The van der Waals surface area contributed by atoms with Crippen LogP contribution < -0.4 is 10.6 Å². The first-order valence-corrected chi connectivity index (χ1v) is 7.77. The van der Waals surface area contributed by atoms with Gasteiger partial charge in [-0.15, -0.1) is 0 Å². The van der Waals surface area contributed by atoms with E-state index in [4.69, 9.17) is 9.47 Å². The summed E-state index contributed by atoms with van der Waals surface area (Å²) in [4.78, 5) is 6.61. The molecule has 2 N–H and O–H groups in total. The standard InChI is InChI=1S/C15H30N4O2/c1-15(2)12(8-13(15)20-5)18-14(16-3)17-9-11-10-19(4)6-7-21-11/h11-13H,6-10H2,1-5H3,(H2,16,17,18). The average molecular weight is 298 g/mol.